The van der Waals surface area contributed by atoms with E-state index in [4.69, 9.17) is 4.42 Å². The zero-order valence-corrected chi connectivity index (χ0v) is 18.6. The number of thioether (sulfide) groups is 1. The van der Waals surface area contributed by atoms with E-state index in [0.717, 1.165) is 16.9 Å². The molecule has 0 saturated carbocycles. The average molecular weight is 464 g/mol. The van der Waals surface area contributed by atoms with E-state index in [9.17, 15) is 10.1 Å². The molecule has 0 bridgehead atoms. The molecule has 7 nitrogen and oxygen atoms in total. The van der Waals surface area contributed by atoms with Crippen molar-refractivity contribution in [2.24, 2.45) is 0 Å². The number of benzene rings is 3. The molecule has 1 amide bonds. The Bertz CT molecular complexity index is 1420. The van der Waals surface area contributed by atoms with Gasteiger partial charge in [0, 0.05) is 16.7 Å². The lowest BCUT2D eigenvalue weighted by Gasteiger charge is -2.24. The van der Waals surface area contributed by atoms with Crippen LogP contribution in [0, 0.1) is 11.3 Å². The lowest BCUT2D eigenvalue weighted by Crippen LogP contribution is -2.16. The molecular formula is C26H17N5O2S. The van der Waals surface area contributed by atoms with Gasteiger partial charge in [0.2, 0.25) is 0 Å². The van der Waals surface area contributed by atoms with Crippen molar-refractivity contribution >= 4 is 40.6 Å². The number of nitrogens with zero attached hydrogens (tertiary/aromatic N) is 4. The van der Waals surface area contributed by atoms with Crippen LogP contribution in [0.2, 0.25) is 0 Å². The van der Waals surface area contributed by atoms with Gasteiger partial charge in [-0.3, -0.25) is 10.1 Å². The Morgan fingerprint density at radius 3 is 2.24 bits per heavy atom. The predicted octanol–water partition coefficient (Wildman–Crippen LogP) is 5.77. The molecule has 8 heteroatoms. The van der Waals surface area contributed by atoms with E-state index in [1.165, 1.54) is 11.8 Å². The third-order valence-electron chi connectivity index (χ3n) is 5.03. The van der Waals surface area contributed by atoms with Crippen molar-refractivity contribution < 1.29 is 9.21 Å². The number of hydrogen-bond donors (Lipinski definition) is 1. The van der Waals surface area contributed by atoms with Crippen molar-refractivity contribution in [1.82, 2.24) is 10.2 Å². The van der Waals surface area contributed by atoms with E-state index in [1.54, 1.807) is 24.3 Å². The van der Waals surface area contributed by atoms with Gasteiger partial charge in [0.25, 0.3) is 11.8 Å². The number of nitrogens with one attached hydrogen (secondary N) is 1. The predicted molar refractivity (Wildman–Crippen MR) is 132 cm³/mol. The lowest BCUT2D eigenvalue weighted by molar-refractivity contribution is 0.102. The smallest absolute Gasteiger partial charge is 0.322 e. The Morgan fingerprint density at radius 2 is 1.56 bits per heavy atom. The normalized spacial score (nSPS) is 14.3. The maximum atomic E-state index is 12.4. The highest BCUT2D eigenvalue weighted by atomic mass is 32.2. The summed E-state index contributed by atoms with van der Waals surface area (Å²) in [5, 5.41) is 23.2. The maximum Gasteiger partial charge on any atom is 0.322 e. The Kier molecular flexibility index (Phi) is 5.93. The van der Waals surface area contributed by atoms with Crippen molar-refractivity contribution in [2.75, 3.05) is 10.2 Å². The van der Waals surface area contributed by atoms with Gasteiger partial charge in [-0.1, -0.05) is 83.6 Å². The summed E-state index contributed by atoms with van der Waals surface area (Å²) in [5.74, 6) is -0.354. The van der Waals surface area contributed by atoms with Crippen LogP contribution in [-0.4, -0.2) is 16.1 Å². The highest BCUT2D eigenvalue weighted by Gasteiger charge is 2.30. The Balaban J connectivity index is 1.51. The van der Waals surface area contributed by atoms with Gasteiger partial charge in [-0.25, -0.2) is 0 Å². The van der Waals surface area contributed by atoms with Crippen LogP contribution in [0.3, 0.4) is 0 Å². The number of amides is 1. The maximum absolute atomic E-state index is 12.4. The van der Waals surface area contributed by atoms with Crippen LogP contribution in [0.5, 0.6) is 0 Å². The number of aromatic nitrogens is 2. The van der Waals surface area contributed by atoms with Crippen molar-refractivity contribution in [3.63, 3.8) is 0 Å². The fraction of sp³-hybridized carbons (Fsp3) is 0. The number of hydrogen-bond acceptors (Lipinski definition) is 7. The van der Waals surface area contributed by atoms with Crippen molar-refractivity contribution in [3.05, 3.63) is 118 Å². The van der Waals surface area contributed by atoms with Crippen molar-refractivity contribution in [1.29, 1.82) is 5.26 Å². The zero-order chi connectivity index (χ0) is 23.3. The molecule has 0 unspecified atom stereocenters. The monoisotopic (exact) mass is 463 g/mol. The minimum absolute atomic E-state index is 0.0250. The first-order chi connectivity index (χ1) is 16.7. The third kappa shape index (κ3) is 4.20. The second kappa shape index (κ2) is 9.48. The number of carbonyl (C=O) groups is 1. The van der Waals surface area contributed by atoms with E-state index in [2.05, 4.69) is 21.6 Å². The van der Waals surface area contributed by atoms with E-state index < -0.39 is 0 Å². The Morgan fingerprint density at radius 1 is 0.912 bits per heavy atom. The number of nitriles is 1. The molecule has 4 aromatic rings. The van der Waals surface area contributed by atoms with Crippen LogP contribution in [-0.2, 0) is 0 Å². The molecule has 5 rings (SSSR count). The van der Waals surface area contributed by atoms with Crippen LogP contribution in [0.4, 0.5) is 11.7 Å². The summed E-state index contributed by atoms with van der Waals surface area (Å²) in [4.78, 5) is 14.4. The summed E-state index contributed by atoms with van der Waals surface area (Å²) in [6.45, 7) is 0. The van der Waals surface area contributed by atoms with Gasteiger partial charge in [-0.15, -0.1) is 5.10 Å². The summed E-state index contributed by atoms with van der Waals surface area (Å²) in [7, 11) is 0. The van der Waals surface area contributed by atoms with Crippen LogP contribution in [0.1, 0.15) is 21.8 Å². The molecule has 0 atom stereocenters. The number of para-hydroxylation sites is 1. The summed E-state index contributed by atoms with van der Waals surface area (Å²) < 4.78 is 5.67. The van der Waals surface area contributed by atoms with Gasteiger partial charge in [0.05, 0.1) is 5.70 Å². The van der Waals surface area contributed by atoms with Crippen LogP contribution >= 0.6 is 11.8 Å². The molecule has 164 valence electrons. The zero-order valence-electron chi connectivity index (χ0n) is 17.8. The molecule has 1 aromatic heterocycles. The van der Waals surface area contributed by atoms with Crippen molar-refractivity contribution in [3.8, 4) is 6.07 Å². The molecule has 0 spiro atoms. The van der Waals surface area contributed by atoms with Crippen LogP contribution in [0.15, 0.2) is 106 Å². The number of allylic oxidation sites excluding steroid dienone is 1. The molecule has 0 radical (unpaired) electrons. The first kappa shape index (κ1) is 21.2. The SMILES string of the molecule is N#C/C(=C1\SC=C(c2ccccc2)N1c1ccccc1)c1nnc(NC(=O)c2ccccc2)o1. The molecule has 0 saturated heterocycles. The van der Waals surface area contributed by atoms with Gasteiger partial charge in [-0.2, -0.15) is 5.26 Å². The van der Waals surface area contributed by atoms with E-state index >= 15 is 0 Å². The van der Waals surface area contributed by atoms with Gasteiger partial charge >= 0.3 is 6.01 Å². The highest BCUT2D eigenvalue weighted by Crippen LogP contribution is 2.45. The standard InChI is InChI=1S/C26H17N5O2S/c27-16-21(24-29-30-26(33-24)28-23(32)19-12-6-2-7-13-19)25-31(20-14-8-3-9-15-20)22(17-34-25)18-10-4-1-5-11-18/h1-15,17H,(H,28,30,32)/b25-21+. The summed E-state index contributed by atoms with van der Waals surface area (Å²) >= 11 is 1.40. The van der Waals surface area contributed by atoms with Gasteiger partial charge < -0.3 is 9.32 Å². The van der Waals surface area contributed by atoms with Crippen LogP contribution < -0.4 is 10.2 Å². The molecule has 1 aliphatic rings. The minimum atomic E-state index is -0.379. The second-order valence-corrected chi connectivity index (χ2v) is 8.04. The Labute approximate surface area is 200 Å². The fourth-order valence-corrected chi connectivity index (χ4v) is 4.48. The molecular weight excluding hydrogens is 446 g/mol. The van der Waals surface area contributed by atoms with Crippen molar-refractivity contribution in [2.45, 2.75) is 0 Å². The third-order valence-corrected chi connectivity index (χ3v) is 5.98. The molecule has 1 N–H and O–H groups in total. The highest BCUT2D eigenvalue weighted by molar-refractivity contribution is 8.06. The van der Waals surface area contributed by atoms with E-state index in [0.29, 0.717) is 10.6 Å². The van der Waals surface area contributed by atoms with E-state index in [-0.39, 0.29) is 23.4 Å². The second-order valence-electron chi connectivity index (χ2n) is 7.18. The van der Waals surface area contributed by atoms with Gasteiger partial charge in [-0.05, 0) is 29.8 Å². The molecule has 3 aromatic carbocycles. The quantitative estimate of drug-likeness (QED) is 0.376. The number of rotatable bonds is 5. The average Bonchev–Trinajstić information content (AvgIpc) is 3.54. The summed E-state index contributed by atoms with van der Waals surface area (Å²) in [5.41, 5.74) is 3.50. The summed E-state index contributed by atoms with van der Waals surface area (Å²) in [6.07, 6.45) is 0. The van der Waals surface area contributed by atoms with Gasteiger partial charge in [0.15, 0.2) is 0 Å². The van der Waals surface area contributed by atoms with Crippen LogP contribution in [0.25, 0.3) is 11.3 Å². The number of carbonyl (C=O) groups excluding carboxylic acids is 1. The molecule has 2 heterocycles. The van der Waals surface area contributed by atoms with Gasteiger partial charge in [0.1, 0.15) is 16.7 Å². The Hall–Kier alpha value is -4.61. The summed E-state index contributed by atoms with van der Waals surface area (Å²) in [6, 6.07) is 30.5. The molecule has 0 fully saturated rings. The lowest BCUT2D eigenvalue weighted by atomic mass is 10.1. The fourth-order valence-electron chi connectivity index (χ4n) is 3.46. The first-order valence-electron chi connectivity index (χ1n) is 10.4. The molecule has 1 aliphatic heterocycles. The topological polar surface area (TPSA) is 95.0 Å². The minimum Gasteiger partial charge on any atom is -0.402 e. The molecule has 0 aliphatic carbocycles. The molecule has 34 heavy (non-hydrogen) atoms. The van der Waals surface area contributed by atoms with E-state index in [1.807, 2.05) is 77.0 Å². The largest absolute Gasteiger partial charge is 0.402 e. The first-order valence-corrected chi connectivity index (χ1v) is 11.2. The number of anilines is 2.